The molecule has 0 saturated carbocycles. The molecule has 2 aromatic rings. The third-order valence-corrected chi connectivity index (χ3v) is 2.47. The molecule has 0 aliphatic heterocycles. The van der Waals surface area contributed by atoms with Gasteiger partial charge in [-0.1, -0.05) is 17.7 Å². The van der Waals surface area contributed by atoms with Gasteiger partial charge in [-0.2, -0.15) is 0 Å². The van der Waals surface area contributed by atoms with Crippen molar-refractivity contribution in [3.8, 4) is 0 Å². The number of benzene rings is 1. The number of hydrogen-bond donors (Lipinski definition) is 1. The first-order valence-electron chi connectivity index (χ1n) is 4.39. The first-order chi connectivity index (χ1) is 7.09. The summed E-state index contributed by atoms with van der Waals surface area (Å²) in [5.74, 6) is -0.942. The number of halogens is 1. The number of aromatic nitrogens is 1. The first kappa shape index (κ1) is 9.93. The van der Waals surface area contributed by atoms with Crippen LogP contribution in [0.5, 0.6) is 0 Å². The molecular formula is C11H8ClNO2. The number of pyridine rings is 1. The Bertz CT molecular complexity index is 552. The molecule has 0 saturated heterocycles. The standard InChI is InChI=1S/C11H8ClNO2/c1-6-2-4-8-7(10(6)11(14)15)3-5-9(12)13-8/h2-5H,1H3,(H,14,15). The molecule has 3 nitrogen and oxygen atoms in total. The van der Waals surface area contributed by atoms with E-state index in [2.05, 4.69) is 4.98 Å². The lowest BCUT2D eigenvalue weighted by Gasteiger charge is -2.05. The third-order valence-electron chi connectivity index (χ3n) is 2.26. The number of nitrogens with zero attached hydrogens (tertiary/aromatic N) is 1. The van der Waals surface area contributed by atoms with Crippen LogP contribution in [0.25, 0.3) is 10.9 Å². The zero-order chi connectivity index (χ0) is 11.0. The quantitative estimate of drug-likeness (QED) is 0.754. The second kappa shape index (κ2) is 3.51. The highest BCUT2D eigenvalue weighted by Crippen LogP contribution is 2.22. The van der Waals surface area contributed by atoms with E-state index < -0.39 is 5.97 Å². The number of aryl methyl sites for hydroxylation is 1. The van der Waals surface area contributed by atoms with Crippen molar-refractivity contribution < 1.29 is 9.90 Å². The fourth-order valence-corrected chi connectivity index (χ4v) is 1.73. The molecule has 0 amide bonds. The van der Waals surface area contributed by atoms with Crippen LogP contribution in [0.3, 0.4) is 0 Å². The summed E-state index contributed by atoms with van der Waals surface area (Å²) in [5.41, 5.74) is 1.61. The van der Waals surface area contributed by atoms with Crippen molar-refractivity contribution in [2.24, 2.45) is 0 Å². The van der Waals surface area contributed by atoms with E-state index in [0.717, 1.165) is 5.56 Å². The Labute approximate surface area is 91.3 Å². The number of carbonyl (C=O) groups is 1. The van der Waals surface area contributed by atoms with Gasteiger partial charge < -0.3 is 5.11 Å². The summed E-state index contributed by atoms with van der Waals surface area (Å²) in [6.45, 7) is 1.76. The van der Waals surface area contributed by atoms with Gasteiger partial charge >= 0.3 is 5.97 Å². The van der Waals surface area contributed by atoms with Gasteiger partial charge in [-0.05, 0) is 30.7 Å². The third kappa shape index (κ3) is 1.66. The summed E-state index contributed by atoms with van der Waals surface area (Å²) in [5, 5.41) is 10.1. The van der Waals surface area contributed by atoms with Crippen molar-refractivity contribution in [1.82, 2.24) is 4.98 Å². The van der Waals surface area contributed by atoms with Crippen molar-refractivity contribution in [2.75, 3.05) is 0 Å². The van der Waals surface area contributed by atoms with Gasteiger partial charge in [0, 0.05) is 5.39 Å². The molecule has 0 bridgehead atoms. The van der Waals surface area contributed by atoms with Crippen molar-refractivity contribution in [1.29, 1.82) is 0 Å². The molecule has 1 aromatic carbocycles. The van der Waals surface area contributed by atoms with E-state index in [-0.39, 0.29) is 5.56 Å². The molecule has 0 aliphatic carbocycles. The number of carboxylic acids is 1. The second-order valence-corrected chi connectivity index (χ2v) is 3.65. The minimum atomic E-state index is -0.942. The fraction of sp³-hybridized carbons (Fsp3) is 0.0909. The largest absolute Gasteiger partial charge is 0.478 e. The lowest BCUT2D eigenvalue weighted by Crippen LogP contribution is -2.01. The van der Waals surface area contributed by atoms with E-state index in [1.54, 1.807) is 31.2 Å². The monoisotopic (exact) mass is 221 g/mol. The maximum absolute atomic E-state index is 11.1. The van der Waals surface area contributed by atoms with Gasteiger partial charge in [0.2, 0.25) is 0 Å². The average Bonchev–Trinajstić information content (AvgIpc) is 2.17. The lowest BCUT2D eigenvalue weighted by atomic mass is 10.0. The molecule has 0 fully saturated rings. The number of aromatic carboxylic acids is 1. The summed E-state index contributed by atoms with van der Waals surface area (Å²) in [7, 11) is 0. The van der Waals surface area contributed by atoms with Crippen LogP contribution >= 0.6 is 11.6 Å². The molecule has 0 atom stereocenters. The number of carboxylic acid groups (broad SMARTS) is 1. The zero-order valence-corrected chi connectivity index (χ0v) is 8.75. The van der Waals surface area contributed by atoms with Crippen molar-refractivity contribution in [2.45, 2.75) is 6.92 Å². The summed E-state index contributed by atoms with van der Waals surface area (Å²) >= 11 is 5.73. The summed E-state index contributed by atoms with van der Waals surface area (Å²) in [4.78, 5) is 15.1. The Morgan fingerprint density at radius 2 is 2.07 bits per heavy atom. The smallest absolute Gasteiger partial charge is 0.336 e. The van der Waals surface area contributed by atoms with E-state index in [4.69, 9.17) is 16.7 Å². The van der Waals surface area contributed by atoms with Crippen LogP contribution in [0.2, 0.25) is 5.15 Å². The molecule has 1 aromatic heterocycles. The zero-order valence-electron chi connectivity index (χ0n) is 7.99. The highest BCUT2D eigenvalue weighted by atomic mass is 35.5. The molecule has 1 N–H and O–H groups in total. The van der Waals surface area contributed by atoms with E-state index in [9.17, 15) is 4.79 Å². The first-order valence-corrected chi connectivity index (χ1v) is 4.76. The molecule has 0 unspecified atom stereocenters. The SMILES string of the molecule is Cc1ccc2nc(Cl)ccc2c1C(=O)O. The van der Waals surface area contributed by atoms with Gasteiger partial charge in [0.05, 0.1) is 11.1 Å². The van der Waals surface area contributed by atoms with Crippen LogP contribution in [0, 0.1) is 6.92 Å². The van der Waals surface area contributed by atoms with Crippen LogP contribution in [0.1, 0.15) is 15.9 Å². The summed E-state index contributed by atoms with van der Waals surface area (Å²) in [6, 6.07) is 6.77. The predicted molar refractivity (Wildman–Crippen MR) is 58.4 cm³/mol. The molecule has 76 valence electrons. The van der Waals surface area contributed by atoms with E-state index in [1.165, 1.54) is 0 Å². The second-order valence-electron chi connectivity index (χ2n) is 3.26. The average molecular weight is 222 g/mol. The Morgan fingerprint density at radius 1 is 1.33 bits per heavy atom. The Morgan fingerprint density at radius 3 is 2.73 bits per heavy atom. The van der Waals surface area contributed by atoms with Gasteiger partial charge in [0.1, 0.15) is 5.15 Å². The minimum Gasteiger partial charge on any atom is -0.478 e. The molecular weight excluding hydrogens is 214 g/mol. The summed E-state index contributed by atoms with van der Waals surface area (Å²) < 4.78 is 0. The molecule has 0 radical (unpaired) electrons. The van der Waals surface area contributed by atoms with Gasteiger partial charge in [0.15, 0.2) is 0 Å². The van der Waals surface area contributed by atoms with E-state index in [0.29, 0.717) is 16.1 Å². The molecule has 15 heavy (non-hydrogen) atoms. The van der Waals surface area contributed by atoms with Crippen LogP contribution in [-0.4, -0.2) is 16.1 Å². The highest BCUT2D eigenvalue weighted by Gasteiger charge is 2.12. The van der Waals surface area contributed by atoms with Crippen LogP contribution in [0.15, 0.2) is 24.3 Å². The van der Waals surface area contributed by atoms with Crippen LogP contribution in [0.4, 0.5) is 0 Å². The molecule has 0 spiro atoms. The van der Waals surface area contributed by atoms with Crippen molar-refractivity contribution in [3.05, 3.63) is 40.5 Å². The molecule has 0 aliphatic rings. The van der Waals surface area contributed by atoms with Gasteiger partial charge in [-0.25, -0.2) is 9.78 Å². The topological polar surface area (TPSA) is 50.2 Å². The maximum atomic E-state index is 11.1. The van der Waals surface area contributed by atoms with Crippen LogP contribution < -0.4 is 0 Å². The van der Waals surface area contributed by atoms with Crippen molar-refractivity contribution in [3.63, 3.8) is 0 Å². The number of hydrogen-bond acceptors (Lipinski definition) is 2. The maximum Gasteiger partial charge on any atom is 0.336 e. The number of fused-ring (bicyclic) bond motifs is 1. The predicted octanol–water partition coefficient (Wildman–Crippen LogP) is 2.89. The van der Waals surface area contributed by atoms with Crippen LogP contribution in [-0.2, 0) is 0 Å². The van der Waals surface area contributed by atoms with Gasteiger partial charge in [-0.15, -0.1) is 0 Å². The van der Waals surface area contributed by atoms with Gasteiger partial charge in [0.25, 0.3) is 0 Å². The van der Waals surface area contributed by atoms with Crippen molar-refractivity contribution >= 4 is 28.5 Å². The summed E-state index contributed by atoms with van der Waals surface area (Å²) in [6.07, 6.45) is 0. The molecule has 1 heterocycles. The number of rotatable bonds is 1. The fourth-order valence-electron chi connectivity index (χ4n) is 1.57. The van der Waals surface area contributed by atoms with E-state index in [1.807, 2.05) is 0 Å². The molecule has 2 rings (SSSR count). The Balaban J connectivity index is 2.88. The minimum absolute atomic E-state index is 0.289. The molecule has 4 heteroatoms. The Kier molecular flexibility index (Phi) is 2.32. The highest BCUT2D eigenvalue weighted by molar-refractivity contribution is 6.29. The Hall–Kier alpha value is -1.61. The normalized spacial score (nSPS) is 10.5. The lowest BCUT2D eigenvalue weighted by molar-refractivity contribution is 0.0698. The van der Waals surface area contributed by atoms with E-state index >= 15 is 0 Å². The van der Waals surface area contributed by atoms with Gasteiger partial charge in [-0.3, -0.25) is 0 Å².